The lowest BCUT2D eigenvalue weighted by atomic mass is 9.92. The molecule has 2 heterocycles. The molecule has 7 N–H and O–H groups in total. The Bertz CT molecular complexity index is 3430. The normalized spacial score (nSPS) is 12.4. The van der Waals surface area contributed by atoms with Crippen molar-refractivity contribution in [1.29, 1.82) is 5.26 Å². The fourth-order valence-electron chi connectivity index (χ4n) is 9.03. The summed E-state index contributed by atoms with van der Waals surface area (Å²) < 4.78 is 25.8. The molecule has 8 rings (SSSR count). The van der Waals surface area contributed by atoms with Gasteiger partial charge in [0.25, 0.3) is 0 Å². The maximum absolute atomic E-state index is 12.6. The molecular weight excluding hydrogens is 1040 g/mol. The number of aliphatic hydroxyl groups is 1. The molecule has 0 aliphatic rings. The van der Waals surface area contributed by atoms with Crippen LogP contribution in [0.1, 0.15) is 66.8 Å². The quantitative estimate of drug-likeness (QED) is 0.0253. The Hall–Kier alpha value is -8.13. The number of aliphatic imine (C=N–C) groups is 1. The molecule has 0 saturated carbocycles. The van der Waals surface area contributed by atoms with Gasteiger partial charge in [0.1, 0.15) is 61.7 Å². The number of nitrogens with one attached hydrogen (secondary N) is 2. The van der Waals surface area contributed by atoms with Crippen molar-refractivity contribution in [2.45, 2.75) is 84.5 Å². The molecule has 6 aromatic carbocycles. The number of hydrogen-bond acceptors (Lipinski definition) is 13. The second-order valence-corrected chi connectivity index (χ2v) is 19.8. The van der Waals surface area contributed by atoms with Gasteiger partial charge in [-0.1, -0.05) is 120 Å². The summed E-state index contributed by atoms with van der Waals surface area (Å²) >= 11 is 14.0. The Morgan fingerprint density at radius 2 is 1.14 bits per heavy atom. The van der Waals surface area contributed by atoms with E-state index in [0.29, 0.717) is 68.1 Å². The van der Waals surface area contributed by atoms with E-state index in [1.165, 1.54) is 6.20 Å². The number of rotatable bonds is 26. The Labute approximate surface area is 471 Å². The molecule has 0 bridgehead atoms. The zero-order valence-corrected chi connectivity index (χ0v) is 45.7. The Balaban J connectivity index is 0.993. The smallest absolute Gasteiger partial charge is 0.234 e. The van der Waals surface area contributed by atoms with Gasteiger partial charge in [0.15, 0.2) is 0 Å². The molecule has 1 amide bonds. The van der Waals surface area contributed by atoms with Gasteiger partial charge in [0.05, 0.1) is 27.7 Å². The summed E-state index contributed by atoms with van der Waals surface area (Å²) in [4.78, 5) is 25.3. The lowest BCUT2D eigenvalue weighted by Crippen LogP contribution is -2.46. The summed E-state index contributed by atoms with van der Waals surface area (Å²) in [6.45, 7) is 5.38. The molecule has 2 aromatic heterocycles. The van der Waals surface area contributed by atoms with E-state index in [1.54, 1.807) is 62.2 Å². The maximum Gasteiger partial charge on any atom is 0.234 e. The largest absolute Gasteiger partial charge is 0.488 e. The predicted molar refractivity (Wildman–Crippen MR) is 309 cm³/mol. The van der Waals surface area contributed by atoms with Crippen LogP contribution in [-0.4, -0.2) is 52.6 Å². The molecular formula is C63H62Cl2N8O6. The van der Waals surface area contributed by atoms with Crippen molar-refractivity contribution in [3.05, 3.63) is 235 Å². The minimum Gasteiger partial charge on any atom is -0.488 e. The first-order chi connectivity index (χ1) is 38.3. The highest BCUT2D eigenvalue weighted by Gasteiger charge is 2.22. The molecule has 404 valence electrons. The molecule has 8 aromatic rings. The number of carbonyl (C=O) groups is 1. The zero-order valence-electron chi connectivity index (χ0n) is 44.2. The van der Waals surface area contributed by atoms with Crippen LogP contribution in [0.25, 0.3) is 11.1 Å². The number of aliphatic hydroxyl groups excluding tert-OH is 1. The third-order valence-corrected chi connectivity index (χ3v) is 14.0. The minimum absolute atomic E-state index is 0.125. The topological polar surface area (TPSA) is 212 Å². The molecule has 0 aliphatic carbocycles. The van der Waals surface area contributed by atoms with Gasteiger partial charge in [0.2, 0.25) is 5.91 Å². The first-order valence-corrected chi connectivity index (χ1v) is 26.4. The van der Waals surface area contributed by atoms with Crippen molar-refractivity contribution >= 4 is 35.3 Å². The number of nitrogens with two attached hydrogens (primary N) is 2. The molecule has 16 heteroatoms. The number of halogens is 2. The maximum atomic E-state index is 12.6. The number of pyridine rings is 2. The number of aromatic nitrogens is 2. The molecule has 3 atom stereocenters. The van der Waals surface area contributed by atoms with E-state index >= 15 is 0 Å². The van der Waals surface area contributed by atoms with Gasteiger partial charge in [-0.15, -0.1) is 0 Å². The zero-order chi connectivity index (χ0) is 55.7. The van der Waals surface area contributed by atoms with Crippen LogP contribution in [0.4, 0.5) is 0 Å². The highest BCUT2D eigenvalue weighted by atomic mass is 35.5. The molecule has 3 unspecified atom stereocenters. The van der Waals surface area contributed by atoms with Crippen LogP contribution in [0.5, 0.6) is 23.0 Å². The summed E-state index contributed by atoms with van der Waals surface area (Å²) in [7, 11) is 1.70. The summed E-state index contributed by atoms with van der Waals surface area (Å²) in [5.74, 6) is 1.36. The SMILES string of the molecule is C/N=C/c1cncc(COc2cc(OCc3cccc(-c4cccc(COc5cc(OCc6cncc(C#N)c6)c(CNC(Cc6ccccc6)C(N)O)cc5Cl)c4C)c3C)c(Cl)cc2CNC(Cc2ccccc2)C(N)=O)c1. The molecule has 0 aliphatic heterocycles. The number of amides is 1. The van der Waals surface area contributed by atoms with Crippen LogP contribution in [0, 0.1) is 25.2 Å². The van der Waals surface area contributed by atoms with Crippen LogP contribution in [0.2, 0.25) is 10.0 Å². The van der Waals surface area contributed by atoms with E-state index in [-0.39, 0.29) is 39.5 Å². The number of nitrogens with zero attached hydrogens (tertiary/aromatic N) is 4. The molecule has 0 saturated heterocycles. The van der Waals surface area contributed by atoms with E-state index in [0.717, 1.165) is 55.6 Å². The van der Waals surface area contributed by atoms with Crippen molar-refractivity contribution < 1.29 is 28.8 Å². The van der Waals surface area contributed by atoms with Gasteiger partial charge >= 0.3 is 0 Å². The summed E-state index contributed by atoms with van der Waals surface area (Å²) in [6.07, 6.45) is 8.11. The summed E-state index contributed by atoms with van der Waals surface area (Å²) in [5.41, 5.74) is 24.1. The third-order valence-electron chi connectivity index (χ3n) is 13.4. The lowest BCUT2D eigenvalue weighted by Gasteiger charge is -2.23. The third kappa shape index (κ3) is 15.8. The summed E-state index contributed by atoms with van der Waals surface area (Å²) in [5, 5.41) is 27.5. The standard InChI is InChI=1S/C63H62Cl2N8O6/c1-40-48(38-78-60-26-58(76-36-46-20-44(28-66)30-70-32-46)50(24-54(60)64)34-72-56(62(67)74)22-42-12-6-4-7-13-42)16-10-18-52(40)53-19-11-17-49(41(53)2)39-79-61-27-59(77-37-47-21-45(29-69-3)31-71-33-47)51(25-55(61)65)35-73-57(63(68)75)23-43-14-8-5-9-15-43/h4-21,24-27,29-33,56-57,62,72-74H,22-23,34-39,67H2,1-3H3,(H2,68,75)/b69-29+. The van der Waals surface area contributed by atoms with E-state index in [9.17, 15) is 15.2 Å². The number of primary amides is 1. The molecule has 0 spiro atoms. The Kier molecular flexibility index (Phi) is 20.2. The Morgan fingerprint density at radius 3 is 1.66 bits per heavy atom. The first-order valence-electron chi connectivity index (χ1n) is 25.7. The van der Waals surface area contributed by atoms with E-state index in [4.69, 9.17) is 53.6 Å². The van der Waals surface area contributed by atoms with Crippen LogP contribution in [-0.2, 0) is 57.2 Å². The van der Waals surface area contributed by atoms with Crippen LogP contribution < -0.4 is 41.0 Å². The monoisotopic (exact) mass is 1100 g/mol. The van der Waals surface area contributed by atoms with E-state index in [2.05, 4.69) is 57.6 Å². The number of nitriles is 1. The van der Waals surface area contributed by atoms with Crippen molar-refractivity contribution in [2.24, 2.45) is 16.5 Å². The van der Waals surface area contributed by atoms with E-state index < -0.39 is 24.2 Å². The van der Waals surface area contributed by atoms with Gasteiger partial charge in [-0.25, -0.2) is 0 Å². The first kappa shape index (κ1) is 57.1. The predicted octanol–water partition coefficient (Wildman–Crippen LogP) is 10.5. The number of carbonyl (C=O) groups excluding carboxylic acids is 1. The van der Waals surface area contributed by atoms with Crippen LogP contribution in [0.15, 0.2) is 163 Å². The fraction of sp³-hybridized carbons (Fsp3) is 0.222. The fourth-order valence-corrected chi connectivity index (χ4v) is 9.51. The van der Waals surface area contributed by atoms with Gasteiger partial charge in [-0.05, 0) is 95.5 Å². The Morgan fingerprint density at radius 1 is 0.633 bits per heavy atom. The average molecular weight is 1100 g/mol. The van der Waals surface area contributed by atoms with Gasteiger partial charge in [-0.2, -0.15) is 5.26 Å². The molecule has 0 radical (unpaired) electrons. The number of benzene rings is 6. The van der Waals surface area contributed by atoms with Crippen molar-refractivity contribution in [2.75, 3.05) is 7.05 Å². The molecule has 79 heavy (non-hydrogen) atoms. The molecule has 14 nitrogen and oxygen atoms in total. The van der Waals surface area contributed by atoms with E-state index in [1.807, 2.05) is 91.0 Å². The highest BCUT2D eigenvalue weighted by Crippen LogP contribution is 2.38. The van der Waals surface area contributed by atoms with Gasteiger partial charge < -0.3 is 46.2 Å². The summed E-state index contributed by atoms with van der Waals surface area (Å²) in [6, 6.07) is 43.5. The second-order valence-electron chi connectivity index (χ2n) is 19.0. The van der Waals surface area contributed by atoms with Crippen molar-refractivity contribution in [3.63, 3.8) is 0 Å². The number of ether oxygens (including phenoxy) is 4. The van der Waals surface area contributed by atoms with Gasteiger partial charge in [-0.3, -0.25) is 19.8 Å². The lowest BCUT2D eigenvalue weighted by molar-refractivity contribution is -0.120. The van der Waals surface area contributed by atoms with Gasteiger partial charge in [0, 0.05) is 91.1 Å². The number of hydrogen-bond donors (Lipinski definition) is 5. The van der Waals surface area contributed by atoms with Crippen molar-refractivity contribution in [3.8, 4) is 40.2 Å². The highest BCUT2D eigenvalue weighted by molar-refractivity contribution is 6.32. The minimum atomic E-state index is -1.14. The van der Waals surface area contributed by atoms with Crippen LogP contribution in [0.3, 0.4) is 0 Å². The average Bonchev–Trinajstić information content (AvgIpc) is 3.48. The second kappa shape index (κ2) is 28.0. The van der Waals surface area contributed by atoms with Crippen LogP contribution >= 0.6 is 23.2 Å². The van der Waals surface area contributed by atoms with Crippen molar-refractivity contribution in [1.82, 2.24) is 20.6 Å². The molecule has 0 fully saturated rings.